The quantitative estimate of drug-likeness (QED) is 0.641. The lowest BCUT2D eigenvalue weighted by Gasteiger charge is -2.02. The number of aryl methyl sites for hydroxylation is 2. The van der Waals surface area contributed by atoms with Crippen molar-refractivity contribution in [3.05, 3.63) is 59.8 Å². The summed E-state index contributed by atoms with van der Waals surface area (Å²) in [4.78, 5) is 3.55. The number of hydrogen-bond donors (Lipinski definition) is 1. The van der Waals surface area contributed by atoms with Crippen LogP contribution in [0.15, 0.2) is 48.5 Å². The fraction of sp³-hybridized carbons (Fsp3) is 0.263. The van der Waals surface area contributed by atoms with Crippen LogP contribution in [0.25, 0.3) is 22.0 Å². The van der Waals surface area contributed by atoms with Crippen LogP contribution >= 0.6 is 0 Å². The highest BCUT2D eigenvalue weighted by molar-refractivity contribution is 5.85. The molecule has 1 heteroatoms. The number of benzene rings is 2. The van der Waals surface area contributed by atoms with Crippen LogP contribution in [0, 0.1) is 6.92 Å². The van der Waals surface area contributed by atoms with Gasteiger partial charge in [-0.3, -0.25) is 0 Å². The van der Waals surface area contributed by atoms with Crippen LogP contribution in [-0.4, -0.2) is 4.98 Å². The maximum absolute atomic E-state index is 3.55. The van der Waals surface area contributed by atoms with Gasteiger partial charge in [-0.25, -0.2) is 0 Å². The van der Waals surface area contributed by atoms with E-state index in [0.29, 0.717) is 0 Å². The van der Waals surface area contributed by atoms with Crippen LogP contribution < -0.4 is 0 Å². The Morgan fingerprint density at radius 3 is 2.40 bits per heavy atom. The summed E-state index contributed by atoms with van der Waals surface area (Å²) < 4.78 is 0. The summed E-state index contributed by atoms with van der Waals surface area (Å²) in [7, 11) is 0. The number of aromatic amines is 1. The van der Waals surface area contributed by atoms with E-state index in [4.69, 9.17) is 0 Å². The van der Waals surface area contributed by atoms with Gasteiger partial charge in [-0.15, -0.1) is 0 Å². The highest BCUT2D eigenvalue weighted by Gasteiger charge is 2.03. The zero-order chi connectivity index (χ0) is 13.9. The monoisotopic (exact) mass is 263 g/mol. The topological polar surface area (TPSA) is 15.8 Å². The highest BCUT2D eigenvalue weighted by atomic mass is 14.7. The van der Waals surface area contributed by atoms with Gasteiger partial charge >= 0.3 is 0 Å². The molecule has 0 bridgehead atoms. The standard InChI is InChI=1S/C19H21N/c1-3-4-5-18-12-17-11-10-16(13-19(17)20-18)15-8-6-14(2)7-9-15/h6-13,20H,3-5H2,1-2H3. The van der Waals surface area contributed by atoms with Crippen molar-refractivity contribution in [2.75, 3.05) is 0 Å². The lowest BCUT2D eigenvalue weighted by molar-refractivity contribution is 0.782. The Balaban J connectivity index is 1.95. The van der Waals surface area contributed by atoms with Crippen molar-refractivity contribution in [1.82, 2.24) is 4.98 Å². The van der Waals surface area contributed by atoms with Gasteiger partial charge in [0.1, 0.15) is 0 Å². The van der Waals surface area contributed by atoms with E-state index in [1.54, 1.807) is 0 Å². The second-order valence-corrected chi connectivity index (χ2v) is 5.57. The van der Waals surface area contributed by atoms with Gasteiger partial charge in [0.15, 0.2) is 0 Å². The van der Waals surface area contributed by atoms with Crippen molar-refractivity contribution in [1.29, 1.82) is 0 Å². The lowest BCUT2D eigenvalue weighted by Crippen LogP contribution is -1.83. The summed E-state index contributed by atoms with van der Waals surface area (Å²) in [5, 5.41) is 1.31. The maximum Gasteiger partial charge on any atom is 0.0462 e. The van der Waals surface area contributed by atoms with Crippen LogP contribution in [0.2, 0.25) is 0 Å². The van der Waals surface area contributed by atoms with Gasteiger partial charge in [0.05, 0.1) is 0 Å². The Bertz CT molecular complexity index is 704. The Kier molecular flexibility index (Phi) is 3.60. The molecular formula is C19H21N. The average Bonchev–Trinajstić information content (AvgIpc) is 2.87. The van der Waals surface area contributed by atoms with Gasteiger partial charge in [0, 0.05) is 11.2 Å². The zero-order valence-electron chi connectivity index (χ0n) is 12.2. The van der Waals surface area contributed by atoms with Crippen molar-refractivity contribution >= 4 is 10.9 Å². The summed E-state index contributed by atoms with van der Waals surface area (Å²) in [5.41, 5.74) is 6.46. The first-order valence-corrected chi connectivity index (χ1v) is 7.45. The zero-order valence-corrected chi connectivity index (χ0v) is 12.2. The minimum Gasteiger partial charge on any atom is -0.358 e. The molecule has 20 heavy (non-hydrogen) atoms. The van der Waals surface area contributed by atoms with Crippen molar-refractivity contribution in [2.24, 2.45) is 0 Å². The van der Waals surface area contributed by atoms with Gasteiger partial charge < -0.3 is 4.98 Å². The molecule has 0 amide bonds. The summed E-state index contributed by atoms with van der Waals surface area (Å²) >= 11 is 0. The largest absolute Gasteiger partial charge is 0.358 e. The third kappa shape index (κ3) is 2.62. The lowest BCUT2D eigenvalue weighted by atomic mass is 10.0. The molecule has 0 unspecified atom stereocenters. The Hall–Kier alpha value is -2.02. The normalized spacial score (nSPS) is 11.1. The van der Waals surface area contributed by atoms with E-state index >= 15 is 0 Å². The van der Waals surface area contributed by atoms with Gasteiger partial charge in [0.2, 0.25) is 0 Å². The molecule has 3 aromatic rings. The van der Waals surface area contributed by atoms with Crippen molar-refractivity contribution in [3.8, 4) is 11.1 Å². The molecule has 102 valence electrons. The van der Waals surface area contributed by atoms with Crippen LogP contribution in [-0.2, 0) is 6.42 Å². The van der Waals surface area contributed by atoms with Crippen molar-refractivity contribution in [3.63, 3.8) is 0 Å². The molecule has 3 rings (SSSR count). The summed E-state index contributed by atoms with van der Waals surface area (Å²) in [5.74, 6) is 0. The Morgan fingerprint density at radius 1 is 0.900 bits per heavy atom. The molecule has 1 aromatic heterocycles. The molecule has 0 aliphatic heterocycles. The predicted octanol–water partition coefficient (Wildman–Crippen LogP) is 5.49. The van der Waals surface area contributed by atoms with Crippen LogP contribution in [0.4, 0.5) is 0 Å². The molecule has 1 N–H and O–H groups in total. The van der Waals surface area contributed by atoms with Crippen LogP contribution in [0.1, 0.15) is 31.0 Å². The fourth-order valence-electron chi connectivity index (χ4n) is 2.61. The second-order valence-electron chi connectivity index (χ2n) is 5.57. The first-order chi connectivity index (χ1) is 9.76. The first-order valence-electron chi connectivity index (χ1n) is 7.45. The van der Waals surface area contributed by atoms with Gasteiger partial charge in [-0.05, 0) is 48.4 Å². The average molecular weight is 263 g/mol. The fourth-order valence-corrected chi connectivity index (χ4v) is 2.61. The number of nitrogens with one attached hydrogen (secondary N) is 1. The van der Waals surface area contributed by atoms with Crippen molar-refractivity contribution < 1.29 is 0 Å². The van der Waals surface area contributed by atoms with E-state index < -0.39 is 0 Å². The third-order valence-corrected chi connectivity index (χ3v) is 3.86. The molecule has 0 aliphatic rings. The SMILES string of the molecule is CCCCc1cc2ccc(-c3ccc(C)cc3)cc2[nH]1. The molecule has 0 saturated heterocycles. The summed E-state index contributed by atoms with van der Waals surface area (Å²) in [6.07, 6.45) is 3.63. The molecule has 1 heterocycles. The third-order valence-electron chi connectivity index (χ3n) is 3.86. The number of rotatable bonds is 4. The van der Waals surface area contributed by atoms with E-state index in [0.717, 1.165) is 6.42 Å². The molecule has 0 saturated carbocycles. The maximum atomic E-state index is 3.55. The van der Waals surface area contributed by atoms with Crippen LogP contribution in [0.5, 0.6) is 0 Å². The molecule has 0 aliphatic carbocycles. The molecule has 0 spiro atoms. The van der Waals surface area contributed by atoms with E-state index in [9.17, 15) is 0 Å². The number of fused-ring (bicyclic) bond motifs is 1. The summed E-state index contributed by atoms with van der Waals surface area (Å²) in [6.45, 7) is 4.36. The van der Waals surface area contributed by atoms with E-state index in [1.807, 2.05) is 0 Å². The number of unbranched alkanes of at least 4 members (excludes halogenated alkanes) is 1. The molecular weight excluding hydrogens is 242 g/mol. The first kappa shape index (κ1) is 13.0. The molecule has 2 aromatic carbocycles. The Morgan fingerprint density at radius 2 is 1.65 bits per heavy atom. The molecule has 0 fully saturated rings. The molecule has 0 radical (unpaired) electrons. The molecule has 0 atom stereocenters. The minimum atomic E-state index is 1.14. The van der Waals surface area contributed by atoms with E-state index in [-0.39, 0.29) is 0 Å². The smallest absolute Gasteiger partial charge is 0.0462 e. The number of H-pyrrole nitrogens is 1. The highest BCUT2D eigenvalue weighted by Crippen LogP contribution is 2.25. The van der Waals surface area contributed by atoms with Crippen molar-refractivity contribution in [2.45, 2.75) is 33.1 Å². The molecule has 1 nitrogen and oxygen atoms in total. The number of aromatic nitrogens is 1. The van der Waals surface area contributed by atoms with E-state index in [1.165, 1.54) is 46.1 Å². The van der Waals surface area contributed by atoms with Gasteiger partial charge in [-0.1, -0.05) is 55.3 Å². The van der Waals surface area contributed by atoms with Gasteiger partial charge in [-0.2, -0.15) is 0 Å². The Labute approximate surface area is 120 Å². The predicted molar refractivity (Wildman–Crippen MR) is 87.1 cm³/mol. The summed E-state index contributed by atoms with van der Waals surface area (Å²) in [6, 6.07) is 17.7. The second kappa shape index (κ2) is 5.54. The minimum absolute atomic E-state index is 1.14. The van der Waals surface area contributed by atoms with Crippen LogP contribution in [0.3, 0.4) is 0 Å². The van der Waals surface area contributed by atoms with Gasteiger partial charge in [0.25, 0.3) is 0 Å². The number of hydrogen-bond acceptors (Lipinski definition) is 0. The van der Waals surface area contributed by atoms with E-state index in [2.05, 4.69) is 67.4 Å².